The van der Waals surface area contributed by atoms with Crippen LogP contribution in [0.4, 0.5) is 0 Å². The lowest BCUT2D eigenvalue weighted by Gasteiger charge is -2.23. The highest BCUT2D eigenvalue weighted by molar-refractivity contribution is 7.10. The van der Waals surface area contributed by atoms with Gasteiger partial charge in [-0.3, -0.25) is 0 Å². The number of ether oxygens (including phenoxy) is 2. The zero-order valence-electron chi connectivity index (χ0n) is 15.8. The molecule has 1 aliphatic rings. The first-order valence-corrected chi connectivity index (χ1v) is 10.1. The van der Waals surface area contributed by atoms with E-state index < -0.39 is 5.60 Å². The largest absolute Gasteiger partial charge is 0.490 e. The molecule has 0 spiro atoms. The van der Waals surface area contributed by atoms with Crippen molar-refractivity contribution in [2.45, 2.75) is 32.4 Å². The lowest BCUT2D eigenvalue weighted by Crippen LogP contribution is -2.44. The lowest BCUT2D eigenvalue weighted by molar-refractivity contribution is 0.0655. The van der Waals surface area contributed by atoms with E-state index in [2.05, 4.69) is 15.6 Å². The van der Waals surface area contributed by atoms with E-state index in [1.54, 1.807) is 18.3 Å². The molecule has 1 aromatic heterocycles. The Balaban J connectivity index is 1.64. The Morgan fingerprint density at radius 3 is 2.78 bits per heavy atom. The summed E-state index contributed by atoms with van der Waals surface area (Å²) in [7, 11) is 0. The van der Waals surface area contributed by atoms with Crippen molar-refractivity contribution in [3.63, 3.8) is 0 Å². The molecular formula is C20H27N3O3S. The van der Waals surface area contributed by atoms with Crippen LogP contribution in [0.1, 0.15) is 30.7 Å². The number of nitrogens with zero attached hydrogens (tertiary/aromatic N) is 1. The maximum atomic E-state index is 10.7. The van der Waals surface area contributed by atoms with Crippen molar-refractivity contribution >= 4 is 17.3 Å². The van der Waals surface area contributed by atoms with E-state index >= 15 is 0 Å². The van der Waals surface area contributed by atoms with Gasteiger partial charge in [-0.05, 0) is 43.0 Å². The third kappa shape index (κ3) is 5.37. The molecule has 1 aromatic carbocycles. The number of thiophene rings is 1. The fourth-order valence-corrected chi connectivity index (χ4v) is 3.53. The summed E-state index contributed by atoms with van der Waals surface area (Å²) in [5, 5.41) is 19.1. The summed E-state index contributed by atoms with van der Waals surface area (Å²) in [5.74, 6) is 2.23. The van der Waals surface area contributed by atoms with Gasteiger partial charge in [0.15, 0.2) is 17.5 Å². The number of rotatable bonds is 6. The Morgan fingerprint density at radius 1 is 1.22 bits per heavy atom. The van der Waals surface area contributed by atoms with Crippen LogP contribution in [-0.2, 0) is 12.1 Å². The molecule has 0 radical (unpaired) electrons. The number of guanidine groups is 1. The number of aliphatic imine (C=N–C) groups is 1. The van der Waals surface area contributed by atoms with Gasteiger partial charge < -0.3 is 25.2 Å². The fourth-order valence-electron chi connectivity index (χ4n) is 2.75. The number of nitrogens with one attached hydrogen (secondary N) is 2. The quantitative estimate of drug-likeness (QED) is 0.523. The molecule has 1 unspecified atom stereocenters. The van der Waals surface area contributed by atoms with Crippen LogP contribution >= 0.6 is 11.3 Å². The number of hydrogen-bond donors (Lipinski definition) is 3. The van der Waals surface area contributed by atoms with Crippen molar-refractivity contribution in [2.75, 3.05) is 26.3 Å². The van der Waals surface area contributed by atoms with Gasteiger partial charge in [-0.25, -0.2) is 4.99 Å². The molecule has 6 nitrogen and oxygen atoms in total. The Morgan fingerprint density at radius 2 is 2.04 bits per heavy atom. The molecule has 0 saturated heterocycles. The van der Waals surface area contributed by atoms with Crippen molar-refractivity contribution in [1.82, 2.24) is 10.6 Å². The lowest BCUT2D eigenvalue weighted by atomic mass is 10.1. The fraction of sp³-hybridized carbons (Fsp3) is 0.450. The molecule has 3 N–H and O–H groups in total. The predicted octanol–water partition coefficient (Wildman–Crippen LogP) is 2.87. The van der Waals surface area contributed by atoms with Gasteiger partial charge in [-0.15, -0.1) is 11.3 Å². The maximum absolute atomic E-state index is 10.7. The highest BCUT2D eigenvalue weighted by atomic mass is 32.1. The Kier molecular flexibility index (Phi) is 6.58. The highest BCUT2D eigenvalue weighted by Gasteiger charge is 2.24. The van der Waals surface area contributed by atoms with Crippen LogP contribution in [0.2, 0.25) is 0 Å². The number of hydrogen-bond acceptors (Lipinski definition) is 5. The van der Waals surface area contributed by atoms with E-state index in [4.69, 9.17) is 9.47 Å². The summed E-state index contributed by atoms with van der Waals surface area (Å²) in [6, 6.07) is 9.80. The first-order chi connectivity index (χ1) is 13.1. The zero-order chi connectivity index (χ0) is 19.1. The van der Waals surface area contributed by atoms with Crippen molar-refractivity contribution in [3.8, 4) is 11.5 Å². The normalized spacial score (nSPS) is 16.3. The summed E-state index contributed by atoms with van der Waals surface area (Å²) in [6.45, 7) is 6.80. The summed E-state index contributed by atoms with van der Waals surface area (Å²) in [5.41, 5.74) is 0.0982. The minimum atomic E-state index is -0.945. The van der Waals surface area contributed by atoms with Crippen LogP contribution in [0.5, 0.6) is 11.5 Å². The second-order valence-electron chi connectivity index (χ2n) is 6.63. The molecule has 0 amide bonds. The SMILES string of the molecule is CCNC(=NCc1ccc2c(c1)OCCCO2)NCC(C)(O)c1cccs1. The predicted molar refractivity (Wildman–Crippen MR) is 109 cm³/mol. The van der Waals surface area contributed by atoms with Crippen molar-refractivity contribution in [1.29, 1.82) is 0 Å². The van der Waals surface area contributed by atoms with Gasteiger partial charge in [0.05, 0.1) is 26.3 Å². The Hall–Kier alpha value is -2.25. The first kappa shape index (κ1) is 19.5. The van der Waals surface area contributed by atoms with Crippen molar-refractivity contribution < 1.29 is 14.6 Å². The van der Waals surface area contributed by atoms with E-state index in [0.717, 1.165) is 34.9 Å². The third-order valence-electron chi connectivity index (χ3n) is 4.23. The molecular weight excluding hydrogens is 362 g/mol. The summed E-state index contributed by atoms with van der Waals surface area (Å²) >= 11 is 1.54. The van der Waals surface area contributed by atoms with Crippen LogP contribution in [0.15, 0.2) is 40.7 Å². The van der Waals surface area contributed by atoms with Crippen LogP contribution in [0.25, 0.3) is 0 Å². The standard InChI is InChI=1S/C20H27N3O3S/c1-3-21-19(23-14-20(2,24)18-6-4-11-27-18)22-13-15-7-8-16-17(12-15)26-10-5-9-25-16/h4,6-8,11-12,24H,3,5,9-10,13-14H2,1-2H3,(H2,21,22,23). The van der Waals surface area contributed by atoms with Crippen LogP contribution < -0.4 is 20.1 Å². The summed E-state index contributed by atoms with van der Waals surface area (Å²) < 4.78 is 11.4. The van der Waals surface area contributed by atoms with Crippen molar-refractivity contribution in [3.05, 3.63) is 46.2 Å². The average molecular weight is 390 g/mol. The molecule has 146 valence electrons. The van der Waals surface area contributed by atoms with Gasteiger partial charge in [0, 0.05) is 17.8 Å². The van der Waals surface area contributed by atoms with Crippen LogP contribution in [0, 0.1) is 0 Å². The Bertz CT molecular complexity index is 760. The van der Waals surface area contributed by atoms with E-state index in [1.165, 1.54) is 0 Å². The molecule has 0 fully saturated rings. The van der Waals surface area contributed by atoms with Crippen LogP contribution in [-0.4, -0.2) is 37.4 Å². The molecule has 2 heterocycles. The van der Waals surface area contributed by atoms with Gasteiger partial charge in [0.1, 0.15) is 5.60 Å². The minimum Gasteiger partial charge on any atom is -0.490 e. The minimum absolute atomic E-state index is 0.375. The highest BCUT2D eigenvalue weighted by Crippen LogP contribution is 2.30. The van der Waals surface area contributed by atoms with Gasteiger partial charge in [-0.1, -0.05) is 12.1 Å². The van der Waals surface area contributed by atoms with Crippen molar-refractivity contribution in [2.24, 2.45) is 4.99 Å². The molecule has 2 aromatic rings. The second kappa shape index (κ2) is 9.10. The third-order valence-corrected chi connectivity index (χ3v) is 5.35. The average Bonchev–Trinajstić information content (AvgIpc) is 3.11. The first-order valence-electron chi connectivity index (χ1n) is 9.25. The van der Waals surface area contributed by atoms with E-state index in [9.17, 15) is 5.11 Å². The van der Waals surface area contributed by atoms with Gasteiger partial charge in [0.2, 0.25) is 0 Å². The van der Waals surface area contributed by atoms with Crippen LogP contribution in [0.3, 0.4) is 0 Å². The monoisotopic (exact) mass is 389 g/mol. The van der Waals surface area contributed by atoms with Gasteiger partial charge in [-0.2, -0.15) is 0 Å². The molecule has 0 aliphatic carbocycles. The molecule has 0 bridgehead atoms. The molecule has 3 rings (SSSR count). The molecule has 7 heteroatoms. The van der Waals surface area contributed by atoms with E-state index in [-0.39, 0.29) is 0 Å². The topological polar surface area (TPSA) is 75.1 Å². The number of aliphatic hydroxyl groups is 1. The number of fused-ring (bicyclic) bond motifs is 1. The summed E-state index contributed by atoms with van der Waals surface area (Å²) in [4.78, 5) is 5.56. The molecule has 0 saturated carbocycles. The molecule has 27 heavy (non-hydrogen) atoms. The second-order valence-corrected chi connectivity index (χ2v) is 7.58. The molecule has 1 aliphatic heterocycles. The van der Waals surface area contributed by atoms with E-state index in [1.807, 2.05) is 42.6 Å². The maximum Gasteiger partial charge on any atom is 0.191 e. The smallest absolute Gasteiger partial charge is 0.191 e. The van der Waals surface area contributed by atoms with Gasteiger partial charge in [0.25, 0.3) is 0 Å². The summed E-state index contributed by atoms with van der Waals surface area (Å²) in [6.07, 6.45) is 0.890. The zero-order valence-corrected chi connectivity index (χ0v) is 16.6. The van der Waals surface area contributed by atoms with E-state index in [0.29, 0.717) is 32.3 Å². The van der Waals surface area contributed by atoms with Gasteiger partial charge >= 0.3 is 0 Å². The molecule has 1 atom stereocenters. The Labute approximate surface area is 164 Å². The number of benzene rings is 1.